The summed E-state index contributed by atoms with van der Waals surface area (Å²) in [7, 11) is 4.00. The van der Waals surface area contributed by atoms with Gasteiger partial charge in [0.2, 0.25) is 0 Å². The number of hydrogen-bond donors (Lipinski definition) is 1. The molecule has 3 rings (SSSR count). The third-order valence-corrected chi connectivity index (χ3v) is 4.01. The van der Waals surface area contributed by atoms with Crippen molar-refractivity contribution in [3.63, 3.8) is 0 Å². The van der Waals surface area contributed by atoms with Crippen LogP contribution < -0.4 is 10.2 Å². The van der Waals surface area contributed by atoms with Gasteiger partial charge in [-0.2, -0.15) is 5.10 Å². The van der Waals surface area contributed by atoms with Crippen molar-refractivity contribution in [2.75, 3.05) is 24.3 Å². The highest BCUT2D eigenvalue weighted by Gasteiger charge is 2.15. The lowest BCUT2D eigenvalue weighted by molar-refractivity contribution is 0.805. The van der Waals surface area contributed by atoms with Crippen LogP contribution in [0.1, 0.15) is 24.2 Å². The van der Waals surface area contributed by atoms with Gasteiger partial charge in [-0.25, -0.2) is 14.6 Å². The van der Waals surface area contributed by atoms with E-state index in [1.54, 1.807) is 6.20 Å². The van der Waals surface area contributed by atoms with Crippen molar-refractivity contribution in [1.29, 1.82) is 0 Å². The summed E-state index contributed by atoms with van der Waals surface area (Å²) in [6.45, 7) is 4.16. The Labute approximate surface area is 142 Å². The van der Waals surface area contributed by atoms with E-state index in [-0.39, 0.29) is 6.04 Å². The van der Waals surface area contributed by atoms with E-state index in [9.17, 15) is 0 Å². The van der Waals surface area contributed by atoms with Gasteiger partial charge in [0, 0.05) is 31.5 Å². The molecule has 1 N–H and O–H groups in total. The highest BCUT2D eigenvalue weighted by atomic mass is 15.3. The van der Waals surface area contributed by atoms with E-state index in [0.29, 0.717) is 0 Å². The third-order valence-electron chi connectivity index (χ3n) is 4.01. The SMILES string of the molecule is Cc1c(C(C)Nc2ccc(N(C)C)cn2)cnn1-c1ccccn1. The van der Waals surface area contributed by atoms with Gasteiger partial charge in [0.15, 0.2) is 5.82 Å². The number of nitrogens with zero attached hydrogens (tertiary/aromatic N) is 5. The molecule has 0 aliphatic carbocycles. The van der Waals surface area contributed by atoms with Crippen molar-refractivity contribution >= 4 is 11.5 Å². The van der Waals surface area contributed by atoms with Crippen LogP contribution in [0.4, 0.5) is 11.5 Å². The van der Waals surface area contributed by atoms with Crippen LogP contribution in [0, 0.1) is 6.92 Å². The number of nitrogens with one attached hydrogen (secondary N) is 1. The van der Waals surface area contributed by atoms with Gasteiger partial charge in [0.05, 0.1) is 24.1 Å². The first-order chi connectivity index (χ1) is 11.6. The molecule has 3 heterocycles. The summed E-state index contributed by atoms with van der Waals surface area (Å²) in [6, 6.07) is 9.94. The second-order valence-electron chi connectivity index (χ2n) is 5.95. The molecule has 3 aromatic heterocycles. The van der Waals surface area contributed by atoms with Gasteiger partial charge < -0.3 is 10.2 Å². The summed E-state index contributed by atoms with van der Waals surface area (Å²) in [5, 5.41) is 7.90. The summed E-state index contributed by atoms with van der Waals surface area (Å²) in [5.74, 6) is 1.67. The zero-order valence-electron chi connectivity index (χ0n) is 14.4. The van der Waals surface area contributed by atoms with Gasteiger partial charge in [0.25, 0.3) is 0 Å². The monoisotopic (exact) mass is 322 g/mol. The Morgan fingerprint density at radius 2 is 1.92 bits per heavy atom. The highest BCUT2D eigenvalue weighted by molar-refractivity contribution is 5.49. The number of rotatable bonds is 5. The molecule has 0 amide bonds. The second kappa shape index (κ2) is 6.70. The van der Waals surface area contributed by atoms with Crippen LogP contribution in [-0.4, -0.2) is 33.8 Å². The summed E-state index contributed by atoms with van der Waals surface area (Å²) in [4.78, 5) is 10.9. The smallest absolute Gasteiger partial charge is 0.153 e. The maximum Gasteiger partial charge on any atom is 0.153 e. The molecule has 0 fully saturated rings. The Kier molecular flexibility index (Phi) is 4.46. The first-order valence-electron chi connectivity index (χ1n) is 7.92. The molecule has 6 heteroatoms. The molecule has 1 unspecified atom stereocenters. The first-order valence-corrected chi connectivity index (χ1v) is 7.92. The molecule has 0 saturated heterocycles. The van der Waals surface area contributed by atoms with E-state index in [1.807, 2.05) is 66.4 Å². The average Bonchev–Trinajstić information content (AvgIpc) is 2.98. The van der Waals surface area contributed by atoms with E-state index in [2.05, 4.69) is 34.2 Å². The number of pyridine rings is 2. The molecular formula is C18H22N6. The Morgan fingerprint density at radius 3 is 2.54 bits per heavy atom. The maximum atomic E-state index is 4.47. The molecule has 0 bridgehead atoms. The molecule has 0 aliphatic rings. The van der Waals surface area contributed by atoms with Crippen LogP contribution in [0.25, 0.3) is 5.82 Å². The molecule has 0 radical (unpaired) electrons. The minimum Gasteiger partial charge on any atom is -0.376 e. The van der Waals surface area contributed by atoms with E-state index in [0.717, 1.165) is 28.6 Å². The largest absolute Gasteiger partial charge is 0.376 e. The fourth-order valence-corrected chi connectivity index (χ4v) is 2.59. The minimum absolute atomic E-state index is 0.0974. The number of hydrogen-bond acceptors (Lipinski definition) is 5. The first kappa shape index (κ1) is 16.0. The summed E-state index contributed by atoms with van der Waals surface area (Å²) >= 11 is 0. The topological polar surface area (TPSA) is 58.9 Å². The van der Waals surface area contributed by atoms with Gasteiger partial charge in [0.1, 0.15) is 5.82 Å². The van der Waals surface area contributed by atoms with Gasteiger partial charge in [-0.05, 0) is 38.1 Å². The summed E-state index contributed by atoms with van der Waals surface area (Å²) in [5.41, 5.74) is 3.27. The van der Waals surface area contributed by atoms with Crippen molar-refractivity contribution in [2.24, 2.45) is 0 Å². The summed E-state index contributed by atoms with van der Waals surface area (Å²) in [6.07, 6.45) is 5.52. The molecular weight excluding hydrogens is 300 g/mol. The normalized spacial score (nSPS) is 12.0. The van der Waals surface area contributed by atoms with Crippen LogP contribution in [0.3, 0.4) is 0 Å². The fourth-order valence-electron chi connectivity index (χ4n) is 2.59. The van der Waals surface area contributed by atoms with E-state index in [1.165, 1.54) is 0 Å². The lowest BCUT2D eigenvalue weighted by Gasteiger charge is -2.16. The highest BCUT2D eigenvalue weighted by Crippen LogP contribution is 2.23. The maximum absolute atomic E-state index is 4.47. The molecule has 1 atom stereocenters. The van der Waals surface area contributed by atoms with E-state index < -0.39 is 0 Å². The molecule has 6 nitrogen and oxygen atoms in total. The average molecular weight is 322 g/mol. The van der Waals surface area contributed by atoms with Gasteiger partial charge in [-0.1, -0.05) is 6.07 Å². The van der Waals surface area contributed by atoms with Gasteiger partial charge >= 0.3 is 0 Å². The molecule has 24 heavy (non-hydrogen) atoms. The van der Waals surface area contributed by atoms with Crippen molar-refractivity contribution in [1.82, 2.24) is 19.7 Å². The summed E-state index contributed by atoms with van der Waals surface area (Å²) < 4.78 is 1.86. The quantitative estimate of drug-likeness (QED) is 0.781. The molecule has 0 spiro atoms. The zero-order valence-corrected chi connectivity index (χ0v) is 14.4. The van der Waals surface area contributed by atoms with Crippen molar-refractivity contribution in [3.05, 3.63) is 60.2 Å². The molecule has 0 saturated carbocycles. The van der Waals surface area contributed by atoms with Crippen LogP contribution in [0.5, 0.6) is 0 Å². The van der Waals surface area contributed by atoms with E-state index in [4.69, 9.17) is 0 Å². The van der Waals surface area contributed by atoms with Crippen molar-refractivity contribution in [2.45, 2.75) is 19.9 Å². The molecule has 3 aromatic rings. The second-order valence-corrected chi connectivity index (χ2v) is 5.95. The molecule has 124 valence electrons. The van der Waals surface area contributed by atoms with Gasteiger partial charge in [-0.15, -0.1) is 0 Å². The standard InChI is InChI=1S/C18H22N6/c1-13(22-17-9-8-15(11-20-17)23(3)4)16-12-21-24(14(16)2)18-7-5-6-10-19-18/h5-13H,1-4H3,(H,20,22). The fraction of sp³-hybridized carbons (Fsp3) is 0.278. The van der Waals surface area contributed by atoms with Crippen LogP contribution >= 0.6 is 0 Å². The predicted octanol–water partition coefficient (Wildman–Crippen LogP) is 3.21. The Bertz CT molecular complexity index is 792. The molecule has 0 aromatic carbocycles. The number of anilines is 2. The predicted molar refractivity (Wildman–Crippen MR) is 96.7 cm³/mol. The van der Waals surface area contributed by atoms with Crippen LogP contribution in [-0.2, 0) is 0 Å². The van der Waals surface area contributed by atoms with E-state index >= 15 is 0 Å². The van der Waals surface area contributed by atoms with Gasteiger partial charge in [-0.3, -0.25) is 0 Å². The van der Waals surface area contributed by atoms with Crippen LogP contribution in [0.2, 0.25) is 0 Å². The Hall–Kier alpha value is -2.89. The Balaban J connectivity index is 1.78. The zero-order chi connectivity index (χ0) is 17.1. The minimum atomic E-state index is 0.0974. The lowest BCUT2D eigenvalue weighted by Crippen LogP contribution is -2.11. The lowest BCUT2D eigenvalue weighted by atomic mass is 10.1. The number of aromatic nitrogens is 4. The van der Waals surface area contributed by atoms with Crippen molar-refractivity contribution in [3.8, 4) is 5.82 Å². The molecule has 0 aliphatic heterocycles. The Morgan fingerprint density at radius 1 is 1.08 bits per heavy atom. The third kappa shape index (κ3) is 3.22. The van der Waals surface area contributed by atoms with Crippen molar-refractivity contribution < 1.29 is 0 Å². The van der Waals surface area contributed by atoms with Crippen LogP contribution in [0.15, 0.2) is 48.9 Å².